The van der Waals surface area contributed by atoms with Crippen molar-refractivity contribution in [3.63, 3.8) is 0 Å². The number of nitrogens with one attached hydrogen (secondary N) is 1. The van der Waals surface area contributed by atoms with Gasteiger partial charge in [-0.15, -0.1) is 9.24 Å². The van der Waals surface area contributed by atoms with E-state index in [-0.39, 0.29) is 6.10 Å². The molecule has 0 aliphatic carbocycles. The molecule has 1 aromatic rings. The molecule has 0 heterocycles. The van der Waals surface area contributed by atoms with Gasteiger partial charge >= 0.3 is 0 Å². The van der Waals surface area contributed by atoms with Crippen molar-refractivity contribution in [2.45, 2.75) is 12.5 Å². The first-order valence-electron chi connectivity index (χ1n) is 4.59. The highest BCUT2D eigenvalue weighted by molar-refractivity contribution is 7.75. The summed E-state index contributed by atoms with van der Waals surface area (Å²) in [6, 6.07) is 8.20. The second-order valence-corrected chi connectivity index (χ2v) is 3.83. The third-order valence-corrected chi connectivity index (χ3v) is 2.72. The molecular formula is C10H16NOPS. The molecule has 14 heavy (non-hydrogen) atoms. The fourth-order valence-corrected chi connectivity index (χ4v) is 1.83. The smallest absolute Gasteiger partial charge is 0.0972 e. The van der Waals surface area contributed by atoms with E-state index in [0.717, 1.165) is 18.3 Å². The summed E-state index contributed by atoms with van der Waals surface area (Å²) in [7, 11) is 4.60. The summed E-state index contributed by atoms with van der Waals surface area (Å²) in [4.78, 5) is 0. The molecule has 2 nitrogen and oxygen atoms in total. The lowest BCUT2D eigenvalue weighted by Crippen LogP contribution is -1.99. The van der Waals surface area contributed by atoms with Gasteiger partial charge < -0.3 is 9.50 Å². The van der Waals surface area contributed by atoms with Gasteiger partial charge in [-0.25, -0.2) is 0 Å². The highest BCUT2D eigenvalue weighted by Gasteiger charge is 2.09. The van der Waals surface area contributed by atoms with Crippen LogP contribution in [-0.4, -0.2) is 13.2 Å². The Hall–Kier alpha value is -0.240. The predicted octanol–water partition coefficient (Wildman–Crippen LogP) is 2.90. The van der Waals surface area contributed by atoms with E-state index in [0.29, 0.717) is 0 Å². The zero-order valence-electron chi connectivity index (χ0n) is 8.23. The zero-order valence-corrected chi connectivity index (χ0v) is 10.3. The van der Waals surface area contributed by atoms with E-state index in [2.05, 4.69) is 39.6 Å². The molecule has 0 radical (unpaired) electrons. The minimum atomic E-state index is 0.0849. The second-order valence-electron chi connectivity index (χ2n) is 3.04. The summed E-state index contributed by atoms with van der Waals surface area (Å²) < 4.78 is 5.11. The first-order valence-corrected chi connectivity index (χ1v) is 5.78. The first-order chi connectivity index (χ1) is 6.81. The molecule has 1 rings (SSSR count). The Kier molecular flexibility index (Phi) is 5.31. The maximum Gasteiger partial charge on any atom is 0.0972 e. The lowest BCUT2D eigenvalue weighted by molar-refractivity contribution is 0.250. The van der Waals surface area contributed by atoms with E-state index in [1.165, 1.54) is 5.56 Å². The quantitative estimate of drug-likeness (QED) is 0.460. The van der Waals surface area contributed by atoms with Crippen molar-refractivity contribution in [1.29, 1.82) is 0 Å². The molecule has 0 fully saturated rings. The molecule has 2 unspecified atom stereocenters. The Labute approximate surface area is 93.2 Å². The minimum Gasteiger partial charge on any atom is -0.388 e. The molecule has 0 aliphatic heterocycles. The summed E-state index contributed by atoms with van der Waals surface area (Å²) in [5.41, 5.74) is 2.28. The number of rotatable bonds is 5. The van der Waals surface area contributed by atoms with Crippen LogP contribution in [0.2, 0.25) is 0 Å². The number of hydrogen-bond acceptors (Lipinski definition) is 3. The Morgan fingerprint density at radius 3 is 2.50 bits per heavy atom. The van der Waals surface area contributed by atoms with Crippen molar-refractivity contribution in [3.8, 4) is 0 Å². The number of thiol groups is 1. The van der Waals surface area contributed by atoms with Crippen molar-refractivity contribution >= 4 is 27.8 Å². The van der Waals surface area contributed by atoms with Crippen LogP contribution in [0.4, 0.5) is 5.69 Å². The highest BCUT2D eigenvalue weighted by atomic mass is 32.1. The molecule has 0 saturated heterocycles. The number of benzene rings is 1. The van der Waals surface area contributed by atoms with Crippen molar-refractivity contribution < 1.29 is 4.18 Å². The summed E-state index contributed by atoms with van der Waals surface area (Å²) in [5.74, 6) is 0. The van der Waals surface area contributed by atoms with Gasteiger partial charge in [0.05, 0.1) is 6.10 Å². The SMILES string of the molecule is CNc1ccc(C(CCP)OS)cc1. The van der Waals surface area contributed by atoms with Gasteiger partial charge in [-0.1, -0.05) is 12.1 Å². The van der Waals surface area contributed by atoms with Crippen molar-refractivity contribution in [2.24, 2.45) is 0 Å². The lowest BCUT2D eigenvalue weighted by atomic mass is 10.1. The Bertz CT molecular complexity index is 265. The Morgan fingerprint density at radius 2 is 2.07 bits per heavy atom. The van der Waals surface area contributed by atoms with Crippen LogP contribution in [0.15, 0.2) is 24.3 Å². The van der Waals surface area contributed by atoms with Crippen molar-refractivity contribution in [3.05, 3.63) is 29.8 Å². The molecule has 0 aromatic heterocycles. The van der Waals surface area contributed by atoms with E-state index in [9.17, 15) is 0 Å². The third-order valence-electron chi connectivity index (χ3n) is 2.13. The van der Waals surface area contributed by atoms with Crippen LogP contribution in [0.25, 0.3) is 0 Å². The van der Waals surface area contributed by atoms with Crippen LogP contribution >= 0.6 is 22.1 Å². The lowest BCUT2D eigenvalue weighted by Gasteiger charge is -2.13. The summed E-state index contributed by atoms with van der Waals surface area (Å²) in [5, 5.41) is 3.08. The van der Waals surface area contributed by atoms with Gasteiger partial charge in [0.2, 0.25) is 0 Å². The molecular weight excluding hydrogens is 213 g/mol. The molecule has 2 atom stereocenters. The average Bonchev–Trinajstić information content (AvgIpc) is 2.26. The van der Waals surface area contributed by atoms with Gasteiger partial charge in [0, 0.05) is 12.7 Å². The topological polar surface area (TPSA) is 21.3 Å². The van der Waals surface area contributed by atoms with E-state index in [4.69, 9.17) is 4.18 Å². The molecule has 78 valence electrons. The maximum atomic E-state index is 5.11. The van der Waals surface area contributed by atoms with Gasteiger partial charge in [-0.2, -0.15) is 0 Å². The van der Waals surface area contributed by atoms with Crippen LogP contribution in [0, 0.1) is 0 Å². The van der Waals surface area contributed by atoms with Gasteiger partial charge in [0.15, 0.2) is 0 Å². The second kappa shape index (κ2) is 6.28. The van der Waals surface area contributed by atoms with Crippen LogP contribution in [0.1, 0.15) is 18.1 Å². The van der Waals surface area contributed by atoms with Gasteiger partial charge in [-0.05, 0) is 43.2 Å². The maximum absolute atomic E-state index is 5.11. The fraction of sp³-hybridized carbons (Fsp3) is 0.400. The molecule has 0 spiro atoms. The molecule has 0 amide bonds. The normalized spacial score (nSPS) is 12.5. The monoisotopic (exact) mass is 229 g/mol. The highest BCUT2D eigenvalue weighted by Crippen LogP contribution is 2.24. The Balaban J connectivity index is 2.73. The van der Waals surface area contributed by atoms with Gasteiger partial charge in [0.1, 0.15) is 0 Å². The van der Waals surface area contributed by atoms with Crippen LogP contribution in [-0.2, 0) is 4.18 Å². The third kappa shape index (κ3) is 3.16. The summed E-state index contributed by atoms with van der Waals surface area (Å²) >= 11 is 3.88. The molecule has 0 saturated carbocycles. The van der Waals surface area contributed by atoms with Crippen LogP contribution in [0.3, 0.4) is 0 Å². The predicted molar refractivity (Wildman–Crippen MR) is 68.0 cm³/mol. The first kappa shape index (κ1) is 11.8. The number of anilines is 1. The Morgan fingerprint density at radius 1 is 1.43 bits per heavy atom. The van der Waals surface area contributed by atoms with E-state index >= 15 is 0 Å². The fourth-order valence-electron chi connectivity index (χ4n) is 1.30. The summed E-state index contributed by atoms with van der Waals surface area (Å²) in [6.07, 6.45) is 2.06. The average molecular weight is 229 g/mol. The summed E-state index contributed by atoms with van der Waals surface area (Å²) in [6.45, 7) is 0. The van der Waals surface area contributed by atoms with E-state index in [1.807, 2.05) is 19.2 Å². The molecule has 0 bridgehead atoms. The standard InChI is InChI=1S/C10H16NOPS/c1-11-9-4-2-8(3-5-9)10(12-14)6-7-13/h2-5,10-11,14H,6-7,13H2,1H3. The van der Waals surface area contributed by atoms with Gasteiger partial charge in [0.25, 0.3) is 0 Å². The largest absolute Gasteiger partial charge is 0.388 e. The van der Waals surface area contributed by atoms with Crippen LogP contribution in [0.5, 0.6) is 0 Å². The molecule has 0 aliphatic rings. The van der Waals surface area contributed by atoms with Crippen molar-refractivity contribution in [2.75, 3.05) is 18.5 Å². The number of hydrogen-bond donors (Lipinski definition) is 2. The van der Waals surface area contributed by atoms with Crippen molar-refractivity contribution in [1.82, 2.24) is 0 Å². The zero-order chi connectivity index (χ0) is 10.4. The van der Waals surface area contributed by atoms with E-state index < -0.39 is 0 Å². The molecule has 1 aromatic carbocycles. The molecule has 1 N–H and O–H groups in total. The van der Waals surface area contributed by atoms with Gasteiger partial charge in [-0.3, -0.25) is 0 Å². The van der Waals surface area contributed by atoms with E-state index in [1.54, 1.807) is 0 Å². The van der Waals surface area contributed by atoms with Crippen LogP contribution < -0.4 is 5.32 Å². The minimum absolute atomic E-state index is 0.0849. The molecule has 4 heteroatoms.